The van der Waals surface area contributed by atoms with Crippen molar-refractivity contribution in [2.75, 3.05) is 19.9 Å². The number of amides is 1. The standard InChI is InChI=1S/C14H14ClNO3/c15-11-7-10(8-12-14(11)19-9-18-12)3-4-13(17)16-5-1-2-6-16/h3-4,7-8H,1-2,5-6,9H2. The molecule has 2 heterocycles. The number of rotatable bonds is 2. The molecule has 0 radical (unpaired) electrons. The maximum Gasteiger partial charge on any atom is 0.246 e. The van der Waals surface area contributed by atoms with Crippen LogP contribution in [0.3, 0.4) is 0 Å². The summed E-state index contributed by atoms with van der Waals surface area (Å²) in [6.07, 6.45) is 5.53. The molecule has 0 aliphatic carbocycles. The molecule has 0 unspecified atom stereocenters. The summed E-state index contributed by atoms with van der Waals surface area (Å²) >= 11 is 6.08. The number of hydrogen-bond acceptors (Lipinski definition) is 3. The van der Waals surface area contributed by atoms with Gasteiger partial charge in [-0.15, -0.1) is 0 Å². The minimum atomic E-state index is 0.0475. The van der Waals surface area contributed by atoms with Crippen LogP contribution >= 0.6 is 11.6 Å². The van der Waals surface area contributed by atoms with Crippen LogP contribution in [0.15, 0.2) is 18.2 Å². The SMILES string of the molecule is O=C(C=Cc1cc(Cl)c2c(c1)OCO2)N1CCCC1. The lowest BCUT2D eigenvalue weighted by atomic mass is 10.2. The minimum Gasteiger partial charge on any atom is -0.454 e. The van der Waals surface area contributed by atoms with Gasteiger partial charge in [0.2, 0.25) is 12.7 Å². The second-order valence-corrected chi connectivity index (χ2v) is 5.01. The van der Waals surface area contributed by atoms with Crippen molar-refractivity contribution in [1.29, 1.82) is 0 Å². The van der Waals surface area contributed by atoms with Crippen LogP contribution in [0.1, 0.15) is 18.4 Å². The first-order chi connectivity index (χ1) is 9.24. The molecule has 0 aromatic heterocycles. The molecule has 5 heteroatoms. The van der Waals surface area contributed by atoms with Crippen LogP contribution in [0.2, 0.25) is 5.02 Å². The quantitative estimate of drug-likeness (QED) is 0.782. The van der Waals surface area contributed by atoms with E-state index in [2.05, 4.69) is 0 Å². The molecule has 100 valence electrons. The Morgan fingerprint density at radius 1 is 1.26 bits per heavy atom. The largest absolute Gasteiger partial charge is 0.454 e. The lowest BCUT2D eigenvalue weighted by Gasteiger charge is -2.11. The Balaban J connectivity index is 1.76. The molecule has 1 saturated heterocycles. The Kier molecular flexibility index (Phi) is 3.34. The first-order valence-electron chi connectivity index (χ1n) is 6.30. The summed E-state index contributed by atoms with van der Waals surface area (Å²) in [4.78, 5) is 13.7. The molecule has 1 aromatic carbocycles. The topological polar surface area (TPSA) is 38.8 Å². The molecule has 3 rings (SSSR count). The maximum atomic E-state index is 11.9. The third-order valence-corrected chi connectivity index (χ3v) is 3.57. The monoisotopic (exact) mass is 279 g/mol. The van der Waals surface area contributed by atoms with Gasteiger partial charge in [0.05, 0.1) is 5.02 Å². The van der Waals surface area contributed by atoms with Gasteiger partial charge in [-0.3, -0.25) is 4.79 Å². The van der Waals surface area contributed by atoms with Gasteiger partial charge in [-0.2, -0.15) is 0 Å². The number of hydrogen-bond donors (Lipinski definition) is 0. The molecule has 0 spiro atoms. The molecule has 2 aliphatic rings. The summed E-state index contributed by atoms with van der Waals surface area (Å²) < 4.78 is 10.5. The Hall–Kier alpha value is -1.68. The van der Waals surface area contributed by atoms with E-state index in [1.807, 2.05) is 11.0 Å². The molecule has 1 amide bonds. The van der Waals surface area contributed by atoms with Gasteiger partial charge >= 0.3 is 0 Å². The maximum absolute atomic E-state index is 11.9. The van der Waals surface area contributed by atoms with Crippen molar-refractivity contribution in [3.63, 3.8) is 0 Å². The number of carbonyl (C=O) groups excluding carboxylic acids is 1. The van der Waals surface area contributed by atoms with E-state index in [1.165, 1.54) is 0 Å². The molecule has 0 N–H and O–H groups in total. The van der Waals surface area contributed by atoms with Crippen LogP contribution in [0.5, 0.6) is 11.5 Å². The van der Waals surface area contributed by atoms with E-state index in [-0.39, 0.29) is 12.7 Å². The fourth-order valence-electron chi connectivity index (χ4n) is 2.29. The molecular weight excluding hydrogens is 266 g/mol. The molecule has 0 saturated carbocycles. The minimum absolute atomic E-state index is 0.0475. The van der Waals surface area contributed by atoms with E-state index in [9.17, 15) is 4.79 Å². The lowest BCUT2D eigenvalue weighted by molar-refractivity contribution is -0.124. The highest BCUT2D eigenvalue weighted by atomic mass is 35.5. The van der Waals surface area contributed by atoms with Crippen molar-refractivity contribution in [2.24, 2.45) is 0 Å². The average Bonchev–Trinajstić information content (AvgIpc) is 3.06. The van der Waals surface area contributed by atoms with Crippen molar-refractivity contribution >= 4 is 23.6 Å². The van der Waals surface area contributed by atoms with Gasteiger partial charge < -0.3 is 14.4 Å². The molecule has 1 aromatic rings. The van der Waals surface area contributed by atoms with Crippen LogP contribution in [-0.4, -0.2) is 30.7 Å². The van der Waals surface area contributed by atoms with Gasteiger partial charge in [-0.05, 0) is 36.6 Å². The van der Waals surface area contributed by atoms with E-state index < -0.39 is 0 Å². The van der Waals surface area contributed by atoms with Crippen molar-refractivity contribution in [3.05, 3.63) is 28.8 Å². The zero-order chi connectivity index (χ0) is 13.2. The zero-order valence-corrected chi connectivity index (χ0v) is 11.2. The van der Waals surface area contributed by atoms with Gasteiger partial charge in [0, 0.05) is 19.2 Å². The Labute approximate surface area is 116 Å². The van der Waals surface area contributed by atoms with E-state index >= 15 is 0 Å². The van der Waals surface area contributed by atoms with Gasteiger partial charge in [0.25, 0.3) is 0 Å². The molecule has 2 aliphatic heterocycles. The first kappa shape index (κ1) is 12.4. The summed E-state index contributed by atoms with van der Waals surface area (Å²) in [5.74, 6) is 1.25. The summed E-state index contributed by atoms with van der Waals surface area (Å²) in [6, 6.07) is 3.59. The Morgan fingerprint density at radius 3 is 2.84 bits per heavy atom. The second kappa shape index (κ2) is 5.13. The summed E-state index contributed by atoms with van der Waals surface area (Å²) in [6.45, 7) is 1.89. The summed E-state index contributed by atoms with van der Waals surface area (Å²) in [7, 11) is 0. The van der Waals surface area contributed by atoms with Crippen LogP contribution in [0.4, 0.5) is 0 Å². The first-order valence-corrected chi connectivity index (χ1v) is 6.68. The van der Waals surface area contributed by atoms with Crippen LogP contribution in [0, 0.1) is 0 Å². The highest BCUT2D eigenvalue weighted by molar-refractivity contribution is 6.32. The second-order valence-electron chi connectivity index (χ2n) is 4.60. The molecule has 19 heavy (non-hydrogen) atoms. The molecule has 0 atom stereocenters. The number of ether oxygens (including phenoxy) is 2. The number of likely N-dealkylation sites (tertiary alicyclic amines) is 1. The van der Waals surface area contributed by atoms with Gasteiger partial charge in [0.1, 0.15) is 0 Å². The fourth-order valence-corrected chi connectivity index (χ4v) is 2.57. The Morgan fingerprint density at radius 2 is 2.05 bits per heavy atom. The Bertz CT molecular complexity index is 536. The predicted octanol–water partition coefficient (Wildman–Crippen LogP) is 2.70. The lowest BCUT2D eigenvalue weighted by Crippen LogP contribution is -2.25. The predicted molar refractivity (Wildman–Crippen MR) is 72.4 cm³/mol. The van der Waals surface area contributed by atoms with Crippen LogP contribution in [0.25, 0.3) is 6.08 Å². The van der Waals surface area contributed by atoms with Crippen LogP contribution in [-0.2, 0) is 4.79 Å². The highest BCUT2D eigenvalue weighted by Crippen LogP contribution is 2.40. The summed E-state index contributed by atoms with van der Waals surface area (Å²) in [5.41, 5.74) is 0.835. The number of carbonyl (C=O) groups is 1. The molecule has 4 nitrogen and oxygen atoms in total. The van der Waals surface area contributed by atoms with Crippen molar-refractivity contribution < 1.29 is 14.3 Å². The summed E-state index contributed by atoms with van der Waals surface area (Å²) in [5, 5.41) is 0.503. The normalized spacial score (nSPS) is 17.4. The zero-order valence-electron chi connectivity index (χ0n) is 10.4. The number of halogens is 1. The van der Waals surface area contributed by atoms with E-state index in [0.717, 1.165) is 31.5 Å². The van der Waals surface area contributed by atoms with Crippen molar-refractivity contribution in [1.82, 2.24) is 4.90 Å². The molecule has 1 fully saturated rings. The molecule has 0 bridgehead atoms. The number of nitrogens with zero attached hydrogens (tertiary/aromatic N) is 1. The molecular formula is C14H14ClNO3. The van der Waals surface area contributed by atoms with Crippen LogP contribution < -0.4 is 9.47 Å². The fraction of sp³-hybridized carbons (Fsp3) is 0.357. The highest BCUT2D eigenvalue weighted by Gasteiger charge is 2.18. The van der Waals surface area contributed by atoms with Gasteiger partial charge in [-0.25, -0.2) is 0 Å². The van der Waals surface area contributed by atoms with Crippen molar-refractivity contribution in [2.45, 2.75) is 12.8 Å². The third kappa shape index (κ3) is 2.54. The average molecular weight is 280 g/mol. The van der Waals surface area contributed by atoms with E-state index in [1.54, 1.807) is 18.2 Å². The number of benzene rings is 1. The number of fused-ring (bicyclic) bond motifs is 1. The van der Waals surface area contributed by atoms with E-state index in [4.69, 9.17) is 21.1 Å². The van der Waals surface area contributed by atoms with Gasteiger partial charge in [-0.1, -0.05) is 11.6 Å². The van der Waals surface area contributed by atoms with E-state index in [0.29, 0.717) is 16.5 Å². The van der Waals surface area contributed by atoms with Crippen molar-refractivity contribution in [3.8, 4) is 11.5 Å². The van der Waals surface area contributed by atoms with Gasteiger partial charge in [0.15, 0.2) is 11.5 Å². The third-order valence-electron chi connectivity index (χ3n) is 3.29. The smallest absolute Gasteiger partial charge is 0.246 e.